The maximum atomic E-state index is 12.1. The molecule has 0 saturated heterocycles. The predicted octanol–water partition coefficient (Wildman–Crippen LogP) is 3.42. The van der Waals surface area contributed by atoms with Crippen LogP contribution in [0.15, 0.2) is 73.1 Å². The number of carbonyl (C=O) groups is 2. The molecular weight excluding hydrogens is 412 g/mol. The molecule has 0 aliphatic carbocycles. The lowest BCUT2D eigenvalue weighted by atomic mass is 10.1. The largest absolute Gasteiger partial charge is 0.490 e. The highest BCUT2D eigenvalue weighted by Gasteiger charge is 2.06. The molecule has 8 heteroatoms. The predicted molar refractivity (Wildman–Crippen MR) is 120 cm³/mol. The Morgan fingerprint density at radius 1 is 0.906 bits per heavy atom. The molecule has 0 fully saturated rings. The number of nitrogens with zero attached hydrogens (tertiary/aromatic N) is 1. The summed E-state index contributed by atoms with van der Waals surface area (Å²) in [5.41, 5.74) is 2.11. The first-order valence-electron chi connectivity index (χ1n) is 9.92. The van der Waals surface area contributed by atoms with E-state index in [-0.39, 0.29) is 12.3 Å². The van der Waals surface area contributed by atoms with Crippen LogP contribution in [0.5, 0.6) is 11.5 Å². The number of rotatable bonds is 10. The summed E-state index contributed by atoms with van der Waals surface area (Å²) >= 11 is 0. The Kier molecular flexibility index (Phi) is 10.2. The Labute approximate surface area is 186 Å². The van der Waals surface area contributed by atoms with E-state index in [1.165, 1.54) is 6.20 Å². The molecule has 1 amide bonds. The fourth-order valence-electron chi connectivity index (χ4n) is 2.66. The van der Waals surface area contributed by atoms with Crippen LogP contribution in [0.3, 0.4) is 0 Å². The maximum absolute atomic E-state index is 12.1. The third-order valence-electron chi connectivity index (χ3n) is 4.21. The highest BCUT2D eigenvalue weighted by atomic mass is 16.5. The SMILES string of the molecule is CO.O=C(O)CCc1ccc(OCCOc2ccc(NC(=O)c3cccnc3)cc2)cc1. The summed E-state index contributed by atoms with van der Waals surface area (Å²) in [6.45, 7) is 0.732. The highest BCUT2D eigenvalue weighted by Crippen LogP contribution is 2.17. The number of carboxylic acids is 1. The van der Waals surface area contributed by atoms with Crippen LogP contribution in [-0.2, 0) is 11.2 Å². The lowest BCUT2D eigenvalue weighted by Gasteiger charge is -2.10. The number of carbonyl (C=O) groups excluding carboxylic acids is 1. The van der Waals surface area contributed by atoms with Crippen LogP contribution in [0, 0.1) is 0 Å². The number of aliphatic hydroxyl groups is 1. The van der Waals surface area contributed by atoms with Crippen molar-refractivity contribution >= 4 is 17.6 Å². The van der Waals surface area contributed by atoms with Crippen LogP contribution in [0.4, 0.5) is 5.69 Å². The summed E-state index contributed by atoms with van der Waals surface area (Å²) in [4.78, 5) is 26.6. The minimum Gasteiger partial charge on any atom is -0.490 e. The number of amides is 1. The first-order chi connectivity index (χ1) is 15.6. The molecule has 3 aromatic rings. The van der Waals surface area contributed by atoms with Gasteiger partial charge in [-0.25, -0.2) is 0 Å². The van der Waals surface area contributed by atoms with E-state index in [1.54, 1.807) is 42.6 Å². The van der Waals surface area contributed by atoms with Crippen molar-refractivity contribution in [3.8, 4) is 11.5 Å². The molecule has 0 bridgehead atoms. The molecule has 0 unspecified atom stereocenters. The molecule has 0 aliphatic rings. The molecule has 2 aromatic carbocycles. The molecule has 3 rings (SSSR count). The molecule has 3 N–H and O–H groups in total. The van der Waals surface area contributed by atoms with Gasteiger partial charge >= 0.3 is 5.97 Å². The van der Waals surface area contributed by atoms with E-state index in [2.05, 4.69) is 10.3 Å². The number of hydrogen-bond donors (Lipinski definition) is 3. The van der Waals surface area contributed by atoms with Gasteiger partial charge in [-0.15, -0.1) is 0 Å². The topological polar surface area (TPSA) is 118 Å². The molecule has 32 heavy (non-hydrogen) atoms. The second-order valence-electron chi connectivity index (χ2n) is 6.45. The Morgan fingerprint density at radius 2 is 1.50 bits per heavy atom. The zero-order chi connectivity index (χ0) is 23.2. The van der Waals surface area contributed by atoms with Crippen molar-refractivity contribution in [2.45, 2.75) is 12.8 Å². The summed E-state index contributed by atoms with van der Waals surface area (Å²) in [7, 11) is 1.00. The summed E-state index contributed by atoms with van der Waals surface area (Å²) in [5, 5.41) is 18.5. The number of benzene rings is 2. The first-order valence-corrected chi connectivity index (χ1v) is 9.92. The van der Waals surface area contributed by atoms with E-state index in [0.29, 0.717) is 42.4 Å². The molecular formula is C24H26N2O6. The zero-order valence-electron chi connectivity index (χ0n) is 17.7. The van der Waals surface area contributed by atoms with Gasteiger partial charge in [-0.1, -0.05) is 12.1 Å². The van der Waals surface area contributed by atoms with Crippen LogP contribution in [0.25, 0.3) is 0 Å². The summed E-state index contributed by atoms with van der Waals surface area (Å²) in [5.74, 6) is 0.337. The van der Waals surface area contributed by atoms with Gasteiger partial charge in [0.05, 0.1) is 5.56 Å². The van der Waals surface area contributed by atoms with Gasteiger partial charge in [0.25, 0.3) is 5.91 Å². The number of pyridine rings is 1. The van der Waals surface area contributed by atoms with E-state index < -0.39 is 5.97 Å². The van der Waals surface area contributed by atoms with E-state index in [0.717, 1.165) is 12.7 Å². The van der Waals surface area contributed by atoms with E-state index >= 15 is 0 Å². The average molecular weight is 438 g/mol. The van der Waals surface area contributed by atoms with Crippen LogP contribution < -0.4 is 14.8 Å². The number of hydrogen-bond acceptors (Lipinski definition) is 6. The monoisotopic (exact) mass is 438 g/mol. The number of nitrogens with one attached hydrogen (secondary N) is 1. The maximum Gasteiger partial charge on any atom is 0.303 e. The Bertz CT molecular complexity index is 960. The summed E-state index contributed by atoms with van der Waals surface area (Å²) in [6.07, 6.45) is 3.73. The first kappa shape index (κ1) is 24.4. The quantitative estimate of drug-likeness (QED) is 0.415. The number of aliphatic hydroxyl groups excluding tert-OH is 1. The lowest BCUT2D eigenvalue weighted by Crippen LogP contribution is -2.12. The van der Waals surface area contributed by atoms with Gasteiger partial charge in [0.15, 0.2) is 0 Å². The van der Waals surface area contributed by atoms with Crippen molar-refractivity contribution in [3.63, 3.8) is 0 Å². The Hall–Kier alpha value is -3.91. The van der Waals surface area contributed by atoms with Gasteiger partial charge in [0, 0.05) is 31.6 Å². The number of aliphatic carboxylic acids is 1. The molecule has 0 atom stereocenters. The second-order valence-corrected chi connectivity index (χ2v) is 6.45. The van der Waals surface area contributed by atoms with Crippen LogP contribution in [0.2, 0.25) is 0 Å². The number of ether oxygens (including phenoxy) is 2. The van der Waals surface area contributed by atoms with Gasteiger partial charge in [-0.2, -0.15) is 0 Å². The highest BCUT2D eigenvalue weighted by molar-refractivity contribution is 6.04. The molecule has 0 spiro atoms. The van der Waals surface area contributed by atoms with Gasteiger partial charge in [0.2, 0.25) is 0 Å². The molecule has 0 radical (unpaired) electrons. The van der Waals surface area contributed by atoms with Gasteiger partial charge in [-0.05, 0) is 60.5 Å². The molecule has 8 nitrogen and oxygen atoms in total. The third kappa shape index (κ3) is 8.45. The molecule has 0 saturated carbocycles. The van der Waals surface area contributed by atoms with Crippen molar-refractivity contribution in [1.82, 2.24) is 4.98 Å². The minimum absolute atomic E-state index is 0.111. The lowest BCUT2D eigenvalue weighted by molar-refractivity contribution is -0.136. The van der Waals surface area contributed by atoms with Crippen molar-refractivity contribution in [2.24, 2.45) is 0 Å². The van der Waals surface area contributed by atoms with Gasteiger partial charge < -0.3 is 25.0 Å². The van der Waals surface area contributed by atoms with E-state index in [9.17, 15) is 9.59 Å². The van der Waals surface area contributed by atoms with Crippen molar-refractivity contribution in [1.29, 1.82) is 0 Å². The zero-order valence-corrected chi connectivity index (χ0v) is 17.7. The number of aromatic nitrogens is 1. The number of anilines is 1. The molecule has 168 valence electrons. The number of carboxylic acid groups (broad SMARTS) is 1. The standard InChI is InChI=1S/C23H22N2O5.CH4O/c26-22(27)12-5-17-3-8-20(9-4-17)29-14-15-30-21-10-6-19(7-11-21)25-23(28)18-2-1-13-24-16-18;1-2/h1-4,6-11,13,16H,5,12,14-15H2,(H,25,28)(H,26,27);2H,1H3. The van der Waals surface area contributed by atoms with Crippen LogP contribution in [-0.4, -0.2) is 47.4 Å². The molecule has 1 heterocycles. The Morgan fingerprint density at radius 3 is 2.03 bits per heavy atom. The van der Waals surface area contributed by atoms with Crippen LogP contribution in [0.1, 0.15) is 22.3 Å². The van der Waals surface area contributed by atoms with Crippen molar-refractivity contribution in [2.75, 3.05) is 25.6 Å². The van der Waals surface area contributed by atoms with Crippen molar-refractivity contribution < 1.29 is 29.3 Å². The number of aryl methyl sites for hydroxylation is 1. The fraction of sp³-hybridized carbons (Fsp3) is 0.208. The summed E-state index contributed by atoms with van der Waals surface area (Å²) in [6, 6.07) is 17.8. The van der Waals surface area contributed by atoms with Crippen LogP contribution >= 0.6 is 0 Å². The minimum atomic E-state index is -0.809. The molecule has 1 aromatic heterocycles. The van der Waals surface area contributed by atoms with E-state index in [4.69, 9.17) is 19.7 Å². The summed E-state index contributed by atoms with van der Waals surface area (Å²) < 4.78 is 11.3. The normalized spacial score (nSPS) is 9.81. The van der Waals surface area contributed by atoms with Gasteiger partial charge in [0.1, 0.15) is 24.7 Å². The van der Waals surface area contributed by atoms with E-state index in [1.807, 2.05) is 24.3 Å². The second kappa shape index (κ2) is 13.4. The molecule has 0 aliphatic heterocycles. The van der Waals surface area contributed by atoms with Gasteiger partial charge in [-0.3, -0.25) is 14.6 Å². The fourth-order valence-corrected chi connectivity index (χ4v) is 2.66. The third-order valence-corrected chi connectivity index (χ3v) is 4.21. The average Bonchev–Trinajstić information content (AvgIpc) is 2.84. The van der Waals surface area contributed by atoms with Crippen molar-refractivity contribution in [3.05, 3.63) is 84.2 Å². The Balaban J connectivity index is 0.00000176. The smallest absolute Gasteiger partial charge is 0.303 e.